The number of benzene rings is 2. The summed E-state index contributed by atoms with van der Waals surface area (Å²) >= 11 is 1.10. The number of fused-ring (bicyclic) bond motifs is 1. The molecule has 0 aliphatic carbocycles. The number of amides is 1. The summed E-state index contributed by atoms with van der Waals surface area (Å²) in [7, 11) is 4.46. The van der Waals surface area contributed by atoms with Gasteiger partial charge in [0.1, 0.15) is 22.2 Å². The van der Waals surface area contributed by atoms with Crippen LogP contribution in [0.25, 0.3) is 16.5 Å². The van der Waals surface area contributed by atoms with Crippen LogP contribution in [0.1, 0.15) is 27.8 Å². The smallest absolute Gasteiger partial charge is 0.359 e. The monoisotopic (exact) mass is 509 g/mol. The van der Waals surface area contributed by atoms with Crippen LogP contribution in [0.2, 0.25) is 0 Å². The van der Waals surface area contributed by atoms with Crippen molar-refractivity contribution in [2.45, 2.75) is 6.92 Å². The summed E-state index contributed by atoms with van der Waals surface area (Å²) in [4.78, 5) is 39.4. The predicted octanol–water partition coefficient (Wildman–Crippen LogP) is 3.90. The molecule has 0 aliphatic heterocycles. The van der Waals surface area contributed by atoms with E-state index in [0.29, 0.717) is 22.9 Å². The van der Waals surface area contributed by atoms with E-state index in [-0.39, 0.29) is 33.6 Å². The van der Waals surface area contributed by atoms with Gasteiger partial charge in [-0.2, -0.15) is 9.78 Å². The molecule has 0 saturated carbocycles. The Morgan fingerprint density at radius 2 is 1.69 bits per heavy atom. The van der Waals surface area contributed by atoms with Gasteiger partial charge in [0.05, 0.1) is 39.0 Å². The average molecular weight is 510 g/mol. The van der Waals surface area contributed by atoms with Gasteiger partial charge in [-0.25, -0.2) is 4.79 Å². The van der Waals surface area contributed by atoms with E-state index in [1.807, 2.05) is 0 Å². The molecule has 0 radical (unpaired) electrons. The number of anilines is 1. The molecule has 4 rings (SSSR count). The minimum atomic E-state index is -0.688. The third-order valence-corrected chi connectivity index (χ3v) is 6.16. The highest BCUT2D eigenvalue weighted by atomic mass is 32.1. The molecular weight excluding hydrogens is 486 g/mol. The fourth-order valence-electron chi connectivity index (χ4n) is 3.52. The molecule has 2 aromatic heterocycles. The Kier molecular flexibility index (Phi) is 7.20. The van der Waals surface area contributed by atoms with Gasteiger partial charge in [-0.15, -0.1) is 11.3 Å². The number of methoxy groups -OCH3 is 3. The SMILES string of the molecule is CCOC(=O)c1nn(-c2cccc(OC)c2)c(=O)c2c(NC(=O)c3cc(OC)cc(OC)c3)scc12. The van der Waals surface area contributed by atoms with Crippen LogP contribution in [-0.4, -0.2) is 49.6 Å². The fraction of sp³-hybridized carbons (Fsp3) is 0.200. The van der Waals surface area contributed by atoms with Crippen LogP contribution in [0.4, 0.5) is 5.00 Å². The lowest BCUT2D eigenvalue weighted by atomic mass is 10.1. The van der Waals surface area contributed by atoms with E-state index in [9.17, 15) is 14.4 Å². The zero-order chi connectivity index (χ0) is 25.8. The van der Waals surface area contributed by atoms with Crippen molar-refractivity contribution in [3.63, 3.8) is 0 Å². The van der Waals surface area contributed by atoms with Gasteiger partial charge >= 0.3 is 5.97 Å². The van der Waals surface area contributed by atoms with Gasteiger partial charge < -0.3 is 24.3 Å². The third-order valence-electron chi connectivity index (χ3n) is 5.26. The number of carbonyl (C=O) groups is 2. The van der Waals surface area contributed by atoms with Crippen LogP contribution in [-0.2, 0) is 4.74 Å². The van der Waals surface area contributed by atoms with Crippen LogP contribution in [0.15, 0.2) is 52.6 Å². The molecule has 1 amide bonds. The molecule has 186 valence electrons. The number of rotatable bonds is 8. The molecule has 2 aromatic carbocycles. The molecular formula is C25H23N3O7S. The zero-order valence-electron chi connectivity index (χ0n) is 20.0. The van der Waals surface area contributed by atoms with E-state index in [0.717, 1.165) is 16.0 Å². The first-order valence-electron chi connectivity index (χ1n) is 10.8. The highest BCUT2D eigenvalue weighted by molar-refractivity contribution is 7.16. The highest BCUT2D eigenvalue weighted by Gasteiger charge is 2.24. The highest BCUT2D eigenvalue weighted by Crippen LogP contribution is 2.32. The number of nitrogens with zero attached hydrogens (tertiary/aromatic N) is 2. The Morgan fingerprint density at radius 1 is 1.00 bits per heavy atom. The summed E-state index contributed by atoms with van der Waals surface area (Å²) in [6.07, 6.45) is 0. The first kappa shape index (κ1) is 24.7. The lowest BCUT2D eigenvalue weighted by Gasteiger charge is -2.11. The molecule has 2 heterocycles. The maximum Gasteiger partial charge on any atom is 0.359 e. The second kappa shape index (κ2) is 10.5. The molecule has 1 N–H and O–H groups in total. The van der Waals surface area contributed by atoms with Gasteiger partial charge in [0.15, 0.2) is 5.69 Å². The minimum Gasteiger partial charge on any atom is -0.497 e. The number of ether oxygens (including phenoxy) is 4. The standard InChI is InChI=1S/C25H23N3O7S/c1-5-35-25(31)21-19-13-36-23(26-22(29)14-9-17(33-3)12-18(10-14)34-4)20(19)24(30)28(27-21)15-7-6-8-16(11-15)32-2/h6-13H,5H2,1-4H3,(H,26,29). The molecule has 0 bridgehead atoms. The topological polar surface area (TPSA) is 118 Å². The first-order valence-corrected chi connectivity index (χ1v) is 11.7. The number of carbonyl (C=O) groups excluding carboxylic acids is 2. The number of nitrogens with one attached hydrogen (secondary N) is 1. The molecule has 4 aromatic rings. The molecule has 10 nitrogen and oxygen atoms in total. The van der Waals surface area contributed by atoms with Crippen molar-refractivity contribution >= 4 is 39.0 Å². The summed E-state index contributed by atoms with van der Waals surface area (Å²) in [6, 6.07) is 11.4. The predicted molar refractivity (Wildman–Crippen MR) is 135 cm³/mol. The van der Waals surface area contributed by atoms with Gasteiger partial charge in [0.25, 0.3) is 11.5 Å². The summed E-state index contributed by atoms with van der Waals surface area (Å²) in [5, 5.41) is 9.32. The molecule has 0 saturated heterocycles. The largest absolute Gasteiger partial charge is 0.497 e. The fourth-order valence-corrected chi connectivity index (χ4v) is 4.45. The van der Waals surface area contributed by atoms with Crippen molar-refractivity contribution in [3.05, 3.63) is 69.5 Å². The normalized spacial score (nSPS) is 10.7. The van der Waals surface area contributed by atoms with Crippen LogP contribution in [0, 0.1) is 0 Å². The Balaban J connectivity index is 1.86. The van der Waals surface area contributed by atoms with E-state index < -0.39 is 17.4 Å². The van der Waals surface area contributed by atoms with E-state index in [1.165, 1.54) is 21.3 Å². The number of hydrogen-bond donors (Lipinski definition) is 1. The second-order valence-electron chi connectivity index (χ2n) is 7.40. The second-order valence-corrected chi connectivity index (χ2v) is 8.28. The molecule has 0 spiro atoms. The molecule has 11 heteroatoms. The molecule has 0 aliphatic rings. The summed E-state index contributed by atoms with van der Waals surface area (Å²) in [5.74, 6) is 0.198. The number of esters is 1. The number of aromatic nitrogens is 2. The lowest BCUT2D eigenvalue weighted by Crippen LogP contribution is -2.25. The molecule has 0 unspecified atom stereocenters. The quantitative estimate of drug-likeness (QED) is 0.355. The molecule has 0 atom stereocenters. The maximum absolute atomic E-state index is 13.6. The van der Waals surface area contributed by atoms with Crippen molar-refractivity contribution in [2.24, 2.45) is 0 Å². The average Bonchev–Trinajstić information content (AvgIpc) is 3.32. The Labute approximate surface area is 210 Å². The van der Waals surface area contributed by atoms with Crippen LogP contribution in [0.3, 0.4) is 0 Å². The van der Waals surface area contributed by atoms with Gasteiger partial charge in [-0.3, -0.25) is 9.59 Å². The lowest BCUT2D eigenvalue weighted by molar-refractivity contribution is 0.0520. The van der Waals surface area contributed by atoms with Crippen LogP contribution in [0.5, 0.6) is 17.2 Å². The number of hydrogen-bond acceptors (Lipinski definition) is 9. The van der Waals surface area contributed by atoms with E-state index in [2.05, 4.69) is 10.4 Å². The Bertz CT molecular complexity index is 1490. The van der Waals surface area contributed by atoms with Crippen molar-refractivity contribution < 1.29 is 28.5 Å². The minimum absolute atomic E-state index is 0.0472. The molecule has 0 fully saturated rings. The summed E-state index contributed by atoms with van der Waals surface area (Å²) in [5.41, 5.74) is 0.0773. The van der Waals surface area contributed by atoms with Gasteiger partial charge in [0, 0.05) is 28.5 Å². The van der Waals surface area contributed by atoms with Crippen LogP contribution >= 0.6 is 11.3 Å². The Morgan fingerprint density at radius 3 is 2.33 bits per heavy atom. The first-order chi connectivity index (χ1) is 17.4. The van der Waals surface area contributed by atoms with Crippen molar-refractivity contribution in [3.8, 4) is 22.9 Å². The maximum atomic E-state index is 13.6. The van der Waals surface area contributed by atoms with Crippen molar-refractivity contribution in [1.29, 1.82) is 0 Å². The summed E-state index contributed by atoms with van der Waals surface area (Å²) < 4.78 is 22.0. The number of thiophene rings is 1. The van der Waals surface area contributed by atoms with E-state index >= 15 is 0 Å². The zero-order valence-corrected chi connectivity index (χ0v) is 20.8. The Hall–Kier alpha value is -4.38. The third kappa shape index (κ3) is 4.73. The van der Waals surface area contributed by atoms with Gasteiger partial charge in [-0.1, -0.05) is 6.07 Å². The van der Waals surface area contributed by atoms with E-state index in [4.69, 9.17) is 18.9 Å². The summed E-state index contributed by atoms with van der Waals surface area (Å²) in [6.45, 7) is 1.81. The van der Waals surface area contributed by atoms with Crippen molar-refractivity contribution in [2.75, 3.05) is 33.3 Å². The van der Waals surface area contributed by atoms with Gasteiger partial charge in [0.2, 0.25) is 0 Å². The van der Waals surface area contributed by atoms with Gasteiger partial charge in [-0.05, 0) is 31.2 Å². The van der Waals surface area contributed by atoms with Crippen molar-refractivity contribution in [1.82, 2.24) is 9.78 Å². The van der Waals surface area contributed by atoms with Crippen LogP contribution < -0.4 is 25.1 Å². The molecule has 36 heavy (non-hydrogen) atoms. The van der Waals surface area contributed by atoms with E-state index in [1.54, 1.807) is 54.8 Å².